The highest BCUT2D eigenvalue weighted by molar-refractivity contribution is 6.13. The Morgan fingerprint density at radius 3 is 2.47 bits per heavy atom. The molecule has 0 aliphatic rings. The van der Waals surface area contributed by atoms with Gasteiger partial charge in [-0.1, -0.05) is 24.3 Å². The van der Waals surface area contributed by atoms with Crippen LogP contribution in [0.15, 0.2) is 79.1 Å². The van der Waals surface area contributed by atoms with E-state index in [4.69, 9.17) is 9.72 Å². The monoisotopic (exact) mass is 507 g/mol. The lowest BCUT2D eigenvalue weighted by molar-refractivity contribution is -0.384. The molecule has 0 aliphatic heterocycles. The third-order valence-corrected chi connectivity index (χ3v) is 6.00. The molecule has 0 spiro atoms. The fourth-order valence-electron chi connectivity index (χ4n) is 4.33. The summed E-state index contributed by atoms with van der Waals surface area (Å²) in [5.41, 5.74) is 4.47. The van der Waals surface area contributed by atoms with Crippen molar-refractivity contribution in [2.45, 2.75) is 27.3 Å². The van der Waals surface area contributed by atoms with Crippen molar-refractivity contribution >= 4 is 28.2 Å². The molecule has 3 aromatic carbocycles. The zero-order valence-corrected chi connectivity index (χ0v) is 21.1. The molecule has 9 nitrogen and oxygen atoms in total. The molecule has 0 saturated heterocycles. The number of aryl methyl sites for hydroxylation is 3. The van der Waals surface area contributed by atoms with E-state index in [0.29, 0.717) is 34.5 Å². The van der Waals surface area contributed by atoms with E-state index in [1.165, 1.54) is 12.1 Å². The number of nitrogens with one attached hydrogen (secondary N) is 1. The number of nitrogens with zero attached hydrogens (tertiary/aromatic N) is 4. The molecular formula is C29H25N5O4. The summed E-state index contributed by atoms with van der Waals surface area (Å²) >= 11 is 0. The van der Waals surface area contributed by atoms with Gasteiger partial charge in [0, 0.05) is 35.8 Å². The molecule has 0 fully saturated rings. The van der Waals surface area contributed by atoms with Crippen LogP contribution in [0, 0.1) is 24.0 Å². The maximum absolute atomic E-state index is 13.5. The van der Waals surface area contributed by atoms with Gasteiger partial charge in [-0.25, -0.2) is 4.98 Å². The van der Waals surface area contributed by atoms with Gasteiger partial charge in [0.25, 0.3) is 11.6 Å². The number of aromatic nitrogens is 3. The molecule has 0 aliphatic carbocycles. The molecule has 1 amide bonds. The summed E-state index contributed by atoms with van der Waals surface area (Å²) in [7, 11) is 0. The zero-order chi connectivity index (χ0) is 26.8. The zero-order valence-electron chi connectivity index (χ0n) is 21.1. The van der Waals surface area contributed by atoms with Crippen molar-refractivity contribution in [1.29, 1.82) is 0 Å². The van der Waals surface area contributed by atoms with Gasteiger partial charge < -0.3 is 10.1 Å². The standard InChI is InChI=1S/C29H25N5O4/c1-4-33-17-20(16-30-33)28-15-26(25-7-5-6-8-27(25)32-28)29(35)31-21-12-22(34(36)37)14-24(13-21)38-23-10-18(2)9-19(3)11-23/h5-17H,4H2,1-3H3,(H,31,35). The van der Waals surface area contributed by atoms with Crippen LogP contribution in [0.1, 0.15) is 28.4 Å². The lowest BCUT2D eigenvalue weighted by atomic mass is 10.0. The molecule has 0 unspecified atom stereocenters. The fraction of sp³-hybridized carbons (Fsp3) is 0.138. The number of non-ortho nitro benzene ring substituents is 1. The highest BCUT2D eigenvalue weighted by Gasteiger charge is 2.18. The molecule has 0 bridgehead atoms. The topological polar surface area (TPSA) is 112 Å². The first kappa shape index (κ1) is 24.6. The Labute approximate surface area is 218 Å². The van der Waals surface area contributed by atoms with E-state index in [1.807, 2.05) is 69.4 Å². The van der Waals surface area contributed by atoms with Crippen molar-refractivity contribution in [3.05, 3.63) is 106 Å². The van der Waals surface area contributed by atoms with Crippen molar-refractivity contribution in [3.63, 3.8) is 0 Å². The van der Waals surface area contributed by atoms with Gasteiger partial charge in [0.15, 0.2) is 0 Å². The Bertz CT molecular complexity index is 1670. The second-order valence-corrected chi connectivity index (χ2v) is 9.01. The average molecular weight is 508 g/mol. The maximum atomic E-state index is 13.5. The van der Waals surface area contributed by atoms with Crippen LogP contribution in [-0.2, 0) is 6.54 Å². The lowest BCUT2D eigenvalue weighted by Crippen LogP contribution is -2.13. The number of nitro groups is 1. The van der Waals surface area contributed by atoms with E-state index in [9.17, 15) is 14.9 Å². The molecule has 2 heterocycles. The summed E-state index contributed by atoms with van der Waals surface area (Å²) in [5, 5.41) is 19.4. The van der Waals surface area contributed by atoms with Gasteiger partial charge in [0.2, 0.25) is 0 Å². The molecule has 0 saturated carbocycles. The Morgan fingerprint density at radius 2 is 1.76 bits per heavy atom. The Morgan fingerprint density at radius 1 is 1.03 bits per heavy atom. The predicted octanol–water partition coefficient (Wildman–Crippen LogP) is 6.69. The summed E-state index contributed by atoms with van der Waals surface area (Å²) < 4.78 is 7.73. The molecule has 0 atom stereocenters. The average Bonchev–Trinajstić information content (AvgIpc) is 3.37. The lowest BCUT2D eigenvalue weighted by Gasteiger charge is -2.12. The van der Waals surface area contributed by atoms with E-state index in [-0.39, 0.29) is 17.1 Å². The minimum Gasteiger partial charge on any atom is -0.457 e. The summed E-state index contributed by atoms with van der Waals surface area (Å²) in [6, 6.07) is 18.9. The molecule has 5 rings (SSSR count). The van der Waals surface area contributed by atoms with Crippen molar-refractivity contribution in [2.75, 3.05) is 5.32 Å². The maximum Gasteiger partial charge on any atom is 0.275 e. The van der Waals surface area contributed by atoms with E-state index in [2.05, 4.69) is 10.4 Å². The number of hydrogen-bond acceptors (Lipinski definition) is 6. The van der Waals surface area contributed by atoms with Crippen molar-refractivity contribution in [2.24, 2.45) is 0 Å². The third kappa shape index (κ3) is 5.22. The largest absolute Gasteiger partial charge is 0.457 e. The Balaban J connectivity index is 1.52. The second-order valence-electron chi connectivity index (χ2n) is 9.01. The van der Waals surface area contributed by atoms with Crippen LogP contribution < -0.4 is 10.1 Å². The van der Waals surface area contributed by atoms with Gasteiger partial charge in [0.1, 0.15) is 11.5 Å². The molecule has 9 heteroatoms. The number of pyridine rings is 1. The van der Waals surface area contributed by atoms with Crippen molar-refractivity contribution < 1.29 is 14.5 Å². The fourth-order valence-corrected chi connectivity index (χ4v) is 4.33. The number of carbonyl (C=O) groups is 1. The Kier molecular flexibility index (Phi) is 6.57. The third-order valence-electron chi connectivity index (χ3n) is 6.00. The first-order chi connectivity index (χ1) is 18.3. The predicted molar refractivity (Wildman–Crippen MR) is 146 cm³/mol. The van der Waals surface area contributed by atoms with Gasteiger partial charge in [0.05, 0.1) is 39.6 Å². The van der Waals surface area contributed by atoms with Crippen LogP contribution in [0.3, 0.4) is 0 Å². The molecule has 1 N–H and O–H groups in total. The van der Waals surface area contributed by atoms with Gasteiger partial charge in [-0.05, 0) is 56.2 Å². The normalized spacial score (nSPS) is 10.9. The molecule has 38 heavy (non-hydrogen) atoms. The first-order valence-corrected chi connectivity index (χ1v) is 12.1. The number of para-hydroxylation sites is 1. The molecule has 2 aromatic heterocycles. The minimum absolute atomic E-state index is 0.200. The van der Waals surface area contributed by atoms with Crippen LogP contribution in [0.4, 0.5) is 11.4 Å². The van der Waals surface area contributed by atoms with E-state index in [0.717, 1.165) is 16.7 Å². The quantitative estimate of drug-likeness (QED) is 0.194. The Hall–Kier alpha value is -5.05. The van der Waals surface area contributed by atoms with Crippen LogP contribution in [0.2, 0.25) is 0 Å². The number of nitro benzene ring substituents is 1. The number of amides is 1. The summed E-state index contributed by atoms with van der Waals surface area (Å²) in [6.07, 6.45) is 3.58. The van der Waals surface area contributed by atoms with Crippen LogP contribution in [0.5, 0.6) is 11.5 Å². The van der Waals surface area contributed by atoms with Crippen LogP contribution >= 0.6 is 0 Å². The number of rotatable bonds is 7. The smallest absolute Gasteiger partial charge is 0.275 e. The molecule has 5 aromatic rings. The van der Waals surface area contributed by atoms with Gasteiger partial charge in [-0.3, -0.25) is 19.6 Å². The van der Waals surface area contributed by atoms with E-state index < -0.39 is 10.8 Å². The van der Waals surface area contributed by atoms with E-state index in [1.54, 1.807) is 23.0 Å². The number of hydrogen-bond donors (Lipinski definition) is 1. The number of ether oxygens (including phenoxy) is 1. The number of benzene rings is 3. The van der Waals surface area contributed by atoms with Gasteiger partial charge in [-0.15, -0.1) is 0 Å². The number of anilines is 1. The highest BCUT2D eigenvalue weighted by atomic mass is 16.6. The van der Waals surface area contributed by atoms with Crippen LogP contribution in [-0.4, -0.2) is 25.6 Å². The summed E-state index contributed by atoms with van der Waals surface area (Å²) in [5.74, 6) is 0.370. The van der Waals surface area contributed by atoms with E-state index >= 15 is 0 Å². The highest BCUT2D eigenvalue weighted by Crippen LogP contribution is 2.32. The van der Waals surface area contributed by atoms with Crippen molar-refractivity contribution in [1.82, 2.24) is 14.8 Å². The molecular weight excluding hydrogens is 482 g/mol. The molecule has 0 radical (unpaired) electrons. The van der Waals surface area contributed by atoms with Crippen LogP contribution in [0.25, 0.3) is 22.2 Å². The second kappa shape index (κ2) is 10.1. The first-order valence-electron chi connectivity index (χ1n) is 12.1. The molecule has 190 valence electrons. The summed E-state index contributed by atoms with van der Waals surface area (Å²) in [4.78, 5) is 29.4. The SMILES string of the molecule is CCn1cc(-c2cc(C(=O)Nc3cc(Oc4cc(C)cc(C)c4)cc([N+](=O)[O-])c3)c3ccccc3n2)cn1. The van der Waals surface area contributed by atoms with Gasteiger partial charge >= 0.3 is 0 Å². The van der Waals surface area contributed by atoms with Crippen molar-refractivity contribution in [3.8, 4) is 22.8 Å². The van der Waals surface area contributed by atoms with Gasteiger partial charge in [-0.2, -0.15) is 5.10 Å². The number of fused-ring (bicyclic) bond motifs is 1. The number of carbonyl (C=O) groups excluding carboxylic acids is 1. The minimum atomic E-state index is -0.519. The summed E-state index contributed by atoms with van der Waals surface area (Å²) in [6.45, 7) is 6.58.